The molecule has 0 aromatic carbocycles. The van der Waals surface area contributed by atoms with Gasteiger partial charge in [-0.1, -0.05) is 18.5 Å². The number of nitrogens with zero attached hydrogens (tertiary/aromatic N) is 2. The SMILES string of the molecule is CCOC1(c2noc(C3(CN)CCC3)n2)CCC(C)CC1. The van der Waals surface area contributed by atoms with Crippen LogP contribution >= 0.6 is 0 Å². The van der Waals surface area contributed by atoms with Crippen molar-refractivity contribution in [1.82, 2.24) is 10.1 Å². The summed E-state index contributed by atoms with van der Waals surface area (Å²) in [4.78, 5) is 4.73. The van der Waals surface area contributed by atoms with Gasteiger partial charge in [-0.15, -0.1) is 0 Å². The van der Waals surface area contributed by atoms with Crippen LogP contribution in [0.25, 0.3) is 0 Å². The van der Waals surface area contributed by atoms with Crippen LogP contribution in [0.3, 0.4) is 0 Å². The molecule has 3 rings (SSSR count). The molecule has 5 nitrogen and oxygen atoms in total. The molecule has 2 fully saturated rings. The van der Waals surface area contributed by atoms with Crippen molar-refractivity contribution in [3.63, 3.8) is 0 Å². The zero-order chi connectivity index (χ0) is 14.9. The fourth-order valence-electron chi connectivity index (χ4n) is 3.67. The fraction of sp³-hybridized carbons (Fsp3) is 0.875. The predicted molar refractivity (Wildman–Crippen MR) is 79.8 cm³/mol. The van der Waals surface area contributed by atoms with Gasteiger partial charge >= 0.3 is 0 Å². The molecule has 2 N–H and O–H groups in total. The van der Waals surface area contributed by atoms with Crippen molar-refractivity contribution in [2.75, 3.05) is 13.2 Å². The lowest BCUT2D eigenvalue weighted by Gasteiger charge is -2.38. The molecular weight excluding hydrogens is 266 g/mol. The Balaban J connectivity index is 1.85. The fourth-order valence-corrected chi connectivity index (χ4v) is 3.67. The summed E-state index contributed by atoms with van der Waals surface area (Å²) < 4.78 is 11.7. The first kappa shape index (κ1) is 15.0. The van der Waals surface area contributed by atoms with Gasteiger partial charge in [0, 0.05) is 13.2 Å². The summed E-state index contributed by atoms with van der Waals surface area (Å²) in [6, 6.07) is 0. The zero-order valence-electron chi connectivity index (χ0n) is 13.2. The van der Waals surface area contributed by atoms with Gasteiger partial charge in [0.15, 0.2) is 0 Å². The lowest BCUT2D eigenvalue weighted by Crippen LogP contribution is -2.42. The molecule has 0 atom stereocenters. The van der Waals surface area contributed by atoms with Gasteiger partial charge in [0.1, 0.15) is 5.60 Å². The van der Waals surface area contributed by atoms with Gasteiger partial charge in [0.25, 0.3) is 0 Å². The van der Waals surface area contributed by atoms with Crippen LogP contribution in [-0.2, 0) is 15.8 Å². The van der Waals surface area contributed by atoms with Crippen LogP contribution < -0.4 is 5.73 Å². The molecule has 0 unspecified atom stereocenters. The number of rotatable bonds is 5. The standard InChI is InChI=1S/C16H27N3O2/c1-3-20-16(9-5-12(2)6-10-16)13-18-14(21-19-13)15(11-17)7-4-8-15/h12H,3-11,17H2,1-2H3. The van der Waals surface area contributed by atoms with E-state index >= 15 is 0 Å². The van der Waals surface area contributed by atoms with Crippen LogP contribution in [-0.4, -0.2) is 23.3 Å². The van der Waals surface area contributed by atoms with E-state index in [0.29, 0.717) is 13.2 Å². The Morgan fingerprint density at radius 2 is 2.00 bits per heavy atom. The maximum absolute atomic E-state index is 6.10. The monoisotopic (exact) mass is 293 g/mol. The maximum Gasteiger partial charge on any atom is 0.234 e. The average molecular weight is 293 g/mol. The number of ether oxygens (including phenoxy) is 1. The molecule has 1 aromatic heterocycles. The summed E-state index contributed by atoms with van der Waals surface area (Å²) in [6.45, 7) is 5.61. The third-order valence-corrected chi connectivity index (χ3v) is 5.49. The molecule has 0 spiro atoms. The smallest absolute Gasteiger partial charge is 0.234 e. The summed E-state index contributed by atoms with van der Waals surface area (Å²) in [5.41, 5.74) is 5.53. The molecule has 1 heterocycles. The van der Waals surface area contributed by atoms with Gasteiger partial charge in [-0.05, 0) is 51.4 Å². The molecule has 0 amide bonds. The van der Waals surface area contributed by atoms with Crippen LogP contribution in [0.15, 0.2) is 4.52 Å². The zero-order valence-corrected chi connectivity index (χ0v) is 13.2. The van der Waals surface area contributed by atoms with Crippen LogP contribution in [0.5, 0.6) is 0 Å². The Labute approximate surface area is 126 Å². The normalized spacial score (nSPS) is 31.9. The predicted octanol–water partition coefficient (Wildman–Crippen LogP) is 2.89. The lowest BCUT2D eigenvalue weighted by atomic mass is 9.68. The van der Waals surface area contributed by atoms with E-state index in [1.54, 1.807) is 0 Å². The third kappa shape index (κ3) is 2.50. The van der Waals surface area contributed by atoms with Gasteiger partial charge in [-0.25, -0.2) is 0 Å². The van der Waals surface area contributed by atoms with Crippen molar-refractivity contribution < 1.29 is 9.26 Å². The van der Waals surface area contributed by atoms with Crippen molar-refractivity contribution >= 4 is 0 Å². The van der Waals surface area contributed by atoms with E-state index < -0.39 is 0 Å². The lowest BCUT2D eigenvalue weighted by molar-refractivity contribution is -0.0847. The molecule has 2 saturated carbocycles. The van der Waals surface area contributed by atoms with Gasteiger partial charge in [0.05, 0.1) is 5.41 Å². The second-order valence-electron chi connectivity index (χ2n) is 6.87. The first-order chi connectivity index (χ1) is 10.1. The first-order valence-corrected chi connectivity index (χ1v) is 8.33. The minimum atomic E-state index is -0.345. The molecule has 5 heteroatoms. The minimum absolute atomic E-state index is 0.0688. The minimum Gasteiger partial charge on any atom is -0.367 e. The van der Waals surface area contributed by atoms with E-state index in [4.69, 9.17) is 20.0 Å². The molecule has 1 aromatic rings. The Morgan fingerprint density at radius 1 is 1.29 bits per heavy atom. The van der Waals surface area contributed by atoms with Gasteiger partial charge in [0.2, 0.25) is 11.7 Å². The second-order valence-corrected chi connectivity index (χ2v) is 6.87. The number of nitrogens with two attached hydrogens (primary N) is 1. The summed E-state index contributed by atoms with van der Waals surface area (Å²) in [7, 11) is 0. The number of hydrogen-bond acceptors (Lipinski definition) is 5. The summed E-state index contributed by atoms with van der Waals surface area (Å²) >= 11 is 0. The summed E-state index contributed by atoms with van der Waals surface area (Å²) in [6.07, 6.45) is 7.60. The second kappa shape index (κ2) is 5.69. The van der Waals surface area contributed by atoms with Crippen molar-refractivity contribution in [2.24, 2.45) is 11.7 Å². The third-order valence-electron chi connectivity index (χ3n) is 5.49. The Bertz CT molecular complexity index is 468. The number of aromatic nitrogens is 2. The molecule has 2 aliphatic carbocycles. The van der Waals surface area contributed by atoms with Crippen LogP contribution in [0.4, 0.5) is 0 Å². The Kier molecular flexibility index (Phi) is 4.06. The molecule has 0 saturated heterocycles. The van der Waals surface area contributed by atoms with Gasteiger partial charge in [-0.3, -0.25) is 0 Å². The molecule has 21 heavy (non-hydrogen) atoms. The average Bonchev–Trinajstić information content (AvgIpc) is 2.92. The van der Waals surface area contributed by atoms with Crippen molar-refractivity contribution in [3.8, 4) is 0 Å². The van der Waals surface area contributed by atoms with Crippen molar-refractivity contribution in [2.45, 2.75) is 69.8 Å². The quantitative estimate of drug-likeness (QED) is 0.903. The highest BCUT2D eigenvalue weighted by molar-refractivity contribution is 5.14. The van der Waals surface area contributed by atoms with Gasteiger partial charge < -0.3 is 15.0 Å². The topological polar surface area (TPSA) is 74.2 Å². The molecule has 0 bridgehead atoms. The van der Waals surface area contributed by atoms with E-state index in [9.17, 15) is 0 Å². The highest BCUT2D eigenvalue weighted by Gasteiger charge is 2.46. The van der Waals surface area contributed by atoms with E-state index in [0.717, 1.165) is 56.2 Å². The largest absolute Gasteiger partial charge is 0.367 e. The molecular formula is C16H27N3O2. The van der Waals surface area contributed by atoms with E-state index in [2.05, 4.69) is 12.1 Å². The highest BCUT2D eigenvalue weighted by Crippen LogP contribution is 2.45. The Hall–Kier alpha value is -0.940. The van der Waals surface area contributed by atoms with E-state index in [-0.39, 0.29) is 11.0 Å². The van der Waals surface area contributed by atoms with Crippen molar-refractivity contribution in [1.29, 1.82) is 0 Å². The van der Waals surface area contributed by atoms with Crippen LogP contribution in [0, 0.1) is 5.92 Å². The summed E-state index contributed by atoms with van der Waals surface area (Å²) in [5, 5.41) is 4.28. The van der Waals surface area contributed by atoms with Gasteiger partial charge in [-0.2, -0.15) is 4.98 Å². The van der Waals surface area contributed by atoms with Crippen molar-refractivity contribution in [3.05, 3.63) is 11.7 Å². The summed E-state index contributed by atoms with van der Waals surface area (Å²) in [5.74, 6) is 2.22. The van der Waals surface area contributed by atoms with Crippen LogP contribution in [0.1, 0.15) is 70.5 Å². The molecule has 118 valence electrons. The molecule has 0 radical (unpaired) electrons. The highest BCUT2D eigenvalue weighted by atomic mass is 16.5. The molecule has 2 aliphatic rings. The first-order valence-electron chi connectivity index (χ1n) is 8.33. The maximum atomic E-state index is 6.10. The molecule has 0 aliphatic heterocycles. The van der Waals surface area contributed by atoms with Crippen LogP contribution in [0.2, 0.25) is 0 Å². The van der Waals surface area contributed by atoms with E-state index in [1.165, 1.54) is 6.42 Å². The van der Waals surface area contributed by atoms with E-state index in [1.807, 2.05) is 6.92 Å². The Morgan fingerprint density at radius 3 is 2.52 bits per heavy atom. The number of hydrogen-bond donors (Lipinski definition) is 1.